The molecule has 112 valence electrons. The molecule has 1 aromatic heterocycles. The van der Waals surface area contributed by atoms with Crippen molar-refractivity contribution in [2.75, 3.05) is 6.26 Å². The first-order chi connectivity index (χ1) is 9.79. The second-order valence-corrected chi connectivity index (χ2v) is 7.53. The van der Waals surface area contributed by atoms with E-state index in [1.165, 1.54) is 22.6 Å². The van der Waals surface area contributed by atoms with Crippen LogP contribution >= 0.6 is 11.8 Å². The number of carboxylic acid groups (broad SMARTS) is 1. The Bertz CT molecular complexity index is 764. The smallest absolute Gasteiger partial charge is 0.339 e. The Morgan fingerprint density at radius 1 is 1.33 bits per heavy atom. The lowest BCUT2D eigenvalue weighted by atomic mass is 10.3. The van der Waals surface area contributed by atoms with Gasteiger partial charge < -0.3 is 5.11 Å². The summed E-state index contributed by atoms with van der Waals surface area (Å²) in [6.07, 6.45) is 2.48. The molecule has 2 rings (SSSR count). The van der Waals surface area contributed by atoms with Gasteiger partial charge in [0.15, 0.2) is 9.84 Å². The molecule has 0 aliphatic rings. The van der Waals surface area contributed by atoms with E-state index in [0.29, 0.717) is 11.4 Å². The summed E-state index contributed by atoms with van der Waals surface area (Å²) < 4.78 is 24.3. The molecule has 1 heterocycles. The first-order valence-corrected chi connectivity index (χ1v) is 8.84. The number of hydrogen-bond donors (Lipinski definition) is 1. The molecule has 0 saturated heterocycles. The summed E-state index contributed by atoms with van der Waals surface area (Å²) in [6.45, 7) is 0. The number of benzene rings is 1. The van der Waals surface area contributed by atoms with Crippen LogP contribution in [0.5, 0.6) is 0 Å². The summed E-state index contributed by atoms with van der Waals surface area (Å²) in [5, 5.41) is 13.0. The molecule has 0 aliphatic heterocycles. The highest BCUT2D eigenvalue weighted by Gasteiger charge is 2.15. The molecule has 0 fully saturated rings. The molecule has 1 N–H and O–H groups in total. The van der Waals surface area contributed by atoms with Crippen molar-refractivity contribution in [1.29, 1.82) is 0 Å². The molecular weight excluding hydrogens is 312 g/mol. The molecule has 0 aliphatic carbocycles. The van der Waals surface area contributed by atoms with Gasteiger partial charge in [0.1, 0.15) is 5.56 Å². The number of aromatic nitrogens is 2. The van der Waals surface area contributed by atoms with E-state index in [-0.39, 0.29) is 10.5 Å². The molecule has 0 bridgehead atoms. The Labute approximate surface area is 126 Å². The van der Waals surface area contributed by atoms with Gasteiger partial charge in [-0.1, -0.05) is 0 Å². The number of carbonyl (C=O) groups is 1. The van der Waals surface area contributed by atoms with E-state index in [4.69, 9.17) is 5.11 Å². The Balaban J connectivity index is 2.14. The molecule has 0 radical (unpaired) electrons. The molecule has 0 amide bonds. The maximum atomic E-state index is 11.4. The number of aromatic carboxylic acids is 1. The van der Waals surface area contributed by atoms with E-state index in [1.807, 2.05) is 0 Å². The van der Waals surface area contributed by atoms with Gasteiger partial charge in [-0.15, -0.1) is 11.8 Å². The normalized spacial score (nSPS) is 11.5. The maximum absolute atomic E-state index is 11.4. The van der Waals surface area contributed by atoms with Crippen LogP contribution in [0.2, 0.25) is 0 Å². The van der Waals surface area contributed by atoms with Gasteiger partial charge in [-0.2, -0.15) is 5.10 Å². The van der Waals surface area contributed by atoms with Crippen molar-refractivity contribution in [2.24, 2.45) is 7.05 Å². The number of rotatable bonds is 5. The quantitative estimate of drug-likeness (QED) is 0.843. The first-order valence-electron chi connectivity index (χ1n) is 5.96. The Morgan fingerprint density at radius 3 is 2.48 bits per heavy atom. The predicted octanol–water partition coefficient (Wildman–Crippen LogP) is 1.81. The third kappa shape index (κ3) is 3.64. The van der Waals surface area contributed by atoms with Crippen LogP contribution in [-0.2, 0) is 22.6 Å². The van der Waals surface area contributed by atoms with Crippen LogP contribution in [0.3, 0.4) is 0 Å². The van der Waals surface area contributed by atoms with E-state index in [0.717, 1.165) is 11.2 Å². The fourth-order valence-corrected chi connectivity index (χ4v) is 3.35. The van der Waals surface area contributed by atoms with Gasteiger partial charge in [0.05, 0.1) is 16.8 Å². The highest BCUT2D eigenvalue weighted by Crippen LogP contribution is 2.25. The molecule has 0 unspecified atom stereocenters. The zero-order chi connectivity index (χ0) is 15.6. The van der Waals surface area contributed by atoms with Crippen LogP contribution in [-0.4, -0.2) is 35.5 Å². The van der Waals surface area contributed by atoms with Crippen molar-refractivity contribution in [3.8, 4) is 0 Å². The number of carboxylic acids is 1. The molecule has 0 spiro atoms. The molecule has 21 heavy (non-hydrogen) atoms. The summed E-state index contributed by atoms with van der Waals surface area (Å²) in [7, 11) is -1.51. The number of sulfone groups is 1. The number of aryl methyl sites for hydroxylation is 1. The third-order valence-corrected chi connectivity index (χ3v) is 5.07. The molecule has 0 atom stereocenters. The third-order valence-electron chi connectivity index (χ3n) is 2.92. The van der Waals surface area contributed by atoms with Gasteiger partial charge in [-0.3, -0.25) is 4.68 Å². The summed E-state index contributed by atoms with van der Waals surface area (Å²) in [4.78, 5) is 12.2. The van der Waals surface area contributed by atoms with Crippen molar-refractivity contribution < 1.29 is 18.3 Å². The maximum Gasteiger partial charge on any atom is 0.339 e. The largest absolute Gasteiger partial charge is 0.478 e. The van der Waals surface area contributed by atoms with Crippen molar-refractivity contribution in [3.63, 3.8) is 0 Å². The second kappa shape index (κ2) is 5.90. The Morgan fingerprint density at radius 2 is 1.95 bits per heavy atom. The molecule has 8 heteroatoms. The van der Waals surface area contributed by atoms with E-state index >= 15 is 0 Å². The zero-order valence-electron chi connectivity index (χ0n) is 11.5. The van der Waals surface area contributed by atoms with Crippen molar-refractivity contribution in [1.82, 2.24) is 9.78 Å². The van der Waals surface area contributed by atoms with Crippen LogP contribution in [0.25, 0.3) is 0 Å². The Kier molecular flexibility index (Phi) is 4.38. The van der Waals surface area contributed by atoms with Gasteiger partial charge in [0, 0.05) is 24.0 Å². The average Bonchev–Trinajstić information content (AvgIpc) is 2.77. The van der Waals surface area contributed by atoms with E-state index in [1.54, 1.807) is 31.3 Å². The van der Waals surface area contributed by atoms with E-state index in [2.05, 4.69) is 5.10 Å². The van der Waals surface area contributed by atoms with E-state index < -0.39 is 15.8 Å². The van der Waals surface area contributed by atoms with Gasteiger partial charge in [0.25, 0.3) is 0 Å². The summed E-state index contributed by atoms with van der Waals surface area (Å²) in [5.74, 6) is -0.567. The van der Waals surface area contributed by atoms with Crippen LogP contribution in [0.1, 0.15) is 16.1 Å². The minimum absolute atomic E-state index is 0.178. The number of hydrogen-bond acceptors (Lipinski definition) is 5. The average molecular weight is 326 g/mol. The van der Waals surface area contributed by atoms with Crippen LogP contribution in [0.4, 0.5) is 0 Å². The van der Waals surface area contributed by atoms with Crippen molar-refractivity contribution in [2.45, 2.75) is 15.5 Å². The van der Waals surface area contributed by atoms with Crippen LogP contribution in [0, 0.1) is 0 Å². The SMILES string of the molecule is Cn1ncc(C(=O)O)c1CSc1ccc(S(C)(=O)=O)cc1. The fourth-order valence-electron chi connectivity index (χ4n) is 1.75. The predicted molar refractivity (Wildman–Crippen MR) is 79.3 cm³/mol. The monoisotopic (exact) mass is 326 g/mol. The minimum atomic E-state index is -3.20. The minimum Gasteiger partial charge on any atom is -0.478 e. The lowest BCUT2D eigenvalue weighted by Gasteiger charge is -2.05. The second-order valence-electron chi connectivity index (χ2n) is 4.47. The summed E-state index contributed by atoms with van der Waals surface area (Å²) >= 11 is 1.42. The first kappa shape index (κ1) is 15.6. The number of nitrogens with zero attached hydrogens (tertiary/aromatic N) is 2. The molecule has 6 nitrogen and oxygen atoms in total. The van der Waals surface area contributed by atoms with Crippen LogP contribution < -0.4 is 0 Å². The summed E-state index contributed by atoms with van der Waals surface area (Å²) in [5.41, 5.74) is 0.789. The molecular formula is C13H14N2O4S2. The Hall–Kier alpha value is -1.80. The standard InChI is InChI=1S/C13H14N2O4S2/c1-15-12(11(7-14-15)13(16)17)8-20-9-3-5-10(6-4-9)21(2,18)19/h3-7H,8H2,1-2H3,(H,16,17). The van der Waals surface area contributed by atoms with Gasteiger partial charge in [-0.25, -0.2) is 13.2 Å². The van der Waals surface area contributed by atoms with E-state index in [9.17, 15) is 13.2 Å². The highest BCUT2D eigenvalue weighted by molar-refractivity contribution is 7.98. The van der Waals surface area contributed by atoms with Crippen molar-refractivity contribution >= 4 is 27.6 Å². The van der Waals surface area contributed by atoms with Crippen LogP contribution in [0.15, 0.2) is 40.3 Å². The molecule has 1 aromatic carbocycles. The lowest BCUT2D eigenvalue weighted by molar-refractivity contribution is 0.0696. The molecule has 2 aromatic rings. The highest BCUT2D eigenvalue weighted by atomic mass is 32.2. The van der Waals surface area contributed by atoms with Crippen molar-refractivity contribution in [3.05, 3.63) is 41.7 Å². The summed E-state index contributed by atoms with van der Waals surface area (Å²) in [6, 6.07) is 6.49. The zero-order valence-corrected chi connectivity index (χ0v) is 13.1. The number of thioether (sulfide) groups is 1. The van der Waals surface area contributed by atoms with Gasteiger partial charge >= 0.3 is 5.97 Å². The topological polar surface area (TPSA) is 89.3 Å². The fraction of sp³-hybridized carbons (Fsp3) is 0.231. The lowest BCUT2D eigenvalue weighted by Crippen LogP contribution is -2.03. The van der Waals surface area contributed by atoms with Gasteiger partial charge in [0.2, 0.25) is 0 Å². The van der Waals surface area contributed by atoms with Gasteiger partial charge in [-0.05, 0) is 24.3 Å². The molecule has 0 saturated carbocycles.